The smallest absolute Gasteiger partial charge is 0.133 e. The molecule has 0 saturated heterocycles. The topological polar surface area (TPSA) is 23.8 Å². The monoisotopic (exact) mass is 215 g/mol. The van der Waals surface area contributed by atoms with Crippen molar-refractivity contribution in [1.29, 1.82) is 5.26 Å². The molecule has 0 aromatic heterocycles. The summed E-state index contributed by atoms with van der Waals surface area (Å²) in [5.74, 6) is -1.21. The van der Waals surface area contributed by atoms with Crippen molar-refractivity contribution in [3.8, 4) is 17.2 Å². The number of rotatable bonds is 1. The number of nitrogens with zero attached hydrogens (tertiary/aromatic N) is 1. The highest BCUT2D eigenvalue weighted by atomic mass is 19.1. The van der Waals surface area contributed by atoms with Gasteiger partial charge in [-0.05, 0) is 29.8 Å². The molecule has 0 amide bonds. The van der Waals surface area contributed by atoms with Gasteiger partial charge in [0.15, 0.2) is 0 Å². The van der Waals surface area contributed by atoms with Gasteiger partial charge in [-0.15, -0.1) is 0 Å². The first kappa shape index (κ1) is 10.3. The Hall–Kier alpha value is -2.21. The lowest BCUT2D eigenvalue weighted by molar-refractivity contribution is 0.589. The Kier molecular flexibility index (Phi) is 2.65. The van der Waals surface area contributed by atoms with Gasteiger partial charge >= 0.3 is 0 Å². The maximum Gasteiger partial charge on any atom is 0.133 e. The van der Waals surface area contributed by atoms with Gasteiger partial charge < -0.3 is 0 Å². The highest BCUT2D eigenvalue weighted by Gasteiger charge is 2.10. The van der Waals surface area contributed by atoms with Gasteiger partial charge in [-0.3, -0.25) is 0 Å². The number of nitriles is 1. The number of halogens is 2. The van der Waals surface area contributed by atoms with Crippen LogP contribution in [-0.4, -0.2) is 0 Å². The van der Waals surface area contributed by atoms with Gasteiger partial charge in [0, 0.05) is 0 Å². The van der Waals surface area contributed by atoms with Crippen molar-refractivity contribution in [3.63, 3.8) is 0 Å². The zero-order chi connectivity index (χ0) is 11.5. The fourth-order valence-corrected chi connectivity index (χ4v) is 1.49. The van der Waals surface area contributed by atoms with Gasteiger partial charge in [-0.2, -0.15) is 5.26 Å². The van der Waals surface area contributed by atoms with E-state index in [0.717, 1.165) is 0 Å². The average Bonchev–Trinajstić information content (AvgIpc) is 2.30. The Bertz CT molecular complexity index is 533. The fourth-order valence-electron chi connectivity index (χ4n) is 1.49. The molecule has 78 valence electrons. The summed E-state index contributed by atoms with van der Waals surface area (Å²) < 4.78 is 26.8. The van der Waals surface area contributed by atoms with Crippen LogP contribution in [0.2, 0.25) is 0 Å². The molecule has 0 saturated carbocycles. The molecule has 0 aliphatic carbocycles. The number of hydrogen-bond acceptors (Lipinski definition) is 1. The summed E-state index contributed by atoms with van der Waals surface area (Å²) in [6.07, 6.45) is 0. The maximum absolute atomic E-state index is 13.4. The van der Waals surface area contributed by atoms with Crippen LogP contribution in [0.1, 0.15) is 5.56 Å². The maximum atomic E-state index is 13.4. The molecule has 0 aliphatic heterocycles. The number of hydrogen-bond donors (Lipinski definition) is 0. The summed E-state index contributed by atoms with van der Waals surface area (Å²) in [4.78, 5) is 0. The van der Waals surface area contributed by atoms with Crippen molar-refractivity contribution in [3.05, 3.63) is 59.7 Å². The van der Waals surface area contributed by atoms with Crippen LogP contribution in [0.4, 0.5) is 8.78 Å². The Morgan fingerprint density at radius 1 is 0.875 bits per heavy atom. The minimum absolute atomic E-state index is 0.0630. The third-order valence-corrected chi connectivity index (χ3v) is 2.27. The van der Waals surface area contributed by atoms with Gasteiger partial charge in [-0.1, -0.05) is 18.2 Å². The molecule has 0 bridgehead atoms. The van der Waals surface area contributed by atoms with E-state index in [1.807, 2.05) is 6.07 Å². The molecule has 2 aromatic rings. The molecular weight excluding hydrogens is 208 g/mol. The zero-order valence-corrected chi connectivity index (χ0v) is 8.24. The quantitative estimate of drug-likeness (QED) is 0.714. The Morgan fingerprint density at radius 3 is 1.94 bits per heavy atom. The van der Waals surface area contributed by atoms with E-state index in [1.165, 1.54) is 42.5 Å². The van der Waals surface area contributed by atoms with Crippen LogP contribution < -0.4 is 0 Å². The van der Waals surface area contributed by atoms with Crippen molar-refractivity contribution >= 4 is 0 Å². The van der Waals surface area contributed by atoms with E-state index in [0.29, 0.717) is 11.1 Å². The molecule has 0 unspecified atom stereocenters. The molecule has 0 radical (unpaired) electrons. The average molecular weight is 215 g/mol. The summed E-state index contributed by atoms with van der Waals surface area (Å²) in [6.45, 7) is 0. The lowest BCUT2D eigenvalue weighted by atomic mass is 10.0. The molecule has 1 nitrogen and oxygen atoms in total. The van der Waals surface area contributed by atoms with Gasteiger partial charge in [0.05, 0.1) is 17.2 Å². The van der Waals surface area contributed by atoms with Crippen molar-refractivity contribution in [2.45, 2.75) is 0 Å². The zero-order valence-electron chi connectivity index (χ0n) is 8.24. The van der Waals surface area contributed by atoms with Crippen LogP contribution in [0.5, 0.6) is 0 Å². The molecule has 0 spiro atoms. The summed E-state index contributed by atoms with van der Waals surface area (Å²) in [7, 11) is 0. The molecule has 16 heavy (non-hydrogen) atoms. The van der Waals surface area contributed by atoms with Gasteiger partial charge in [-0.25, -0.2) is 8.78 Å². The van der Waals surface area contributed by atoms with Crippen LogP contribution in [0.15, 0.2) is 42.5 Å². The van der Waals surface area contributed by atoms with Crippen LogP contribution in [-0.2, 0) is 0 Å². The van der Waals surface area contributed by atoms with E-state index < -0.39 is 11.6 Å². The van der Waals surface area contributed by atoms with Crippen LogP contribution in [0.25, 0.3) is 11.1 Å². The molecule has 2 aromatic carbocycles. The van der Waals surface area contributed by atoms with E-state index in [4.69, 9.17) is 5.26 Å². The minimum Gasteiger partial charge on any atom is -0.206 e. The summed E-state index contributed by atoms with van der Waals surface area (Å²) >= 11 is 0. The van der Waals surface area contributed by atoms with Crippen LogP contribution in [0, 0.1) is 23.0 Å². The normalized spacial score (nSPS) is 9.81. The second-order valence-electron chi connectivity index (χ2n) is 3.29. The van der Waals surface area contributed by atoms with Crippen molar-refractivity contribution in [2.75, 3.05) is 0 Å². The molecule has 0 fully saturated rings. The Balaban J connectivity index is 2.55. The first-order chi connectivity index (χ1) is 7.72. The number of benzene rings is 2. The van der Waals surface area contributed by atoms with E-state index >= 15 is 0 Å². The predicted octanol–water partition coefficient (Wildman–Crippen LogP) is 3.50. The second kappa shape index (κ2) is 4.11. The molecule has 0 aliphatic rings. The van der Waals surface area contributed by atoms with Gasteiger partial charge in [0.2, 0.25) is 0 Å². The second-order valence-corrected chi connectivity index (χ2v) is 3.29. The largest absolute Gasteiger partial charge is 0.206 e. The third kappa shape index (κ3) is 1.78. The van der Waals surface area contributed by atoms with Crippen LogP contribution in [0.3, 0.4) is 0 Å². The highest BCUT2D eigenvalue weighted by molar-refractivity contribution is 5.65. The highest BCUT2D eigenvalue weighted by Crippen LogP contribution is 2.25. The molecule has 3 heteroatoms. The Labute approximate surface area is 91.6 Å². The summed E-state index contributed by atoms with van der Waals surface area (Å²) in [5.41, 5.74) is 0.821. The lowest BCUT2D eigenvalue weighted by Gasteiger charge is -2.04. The van der Waals surface area contributed by atoms with Crippen molar-refractivity contribution in [2.24, 2.45) is 0 Å². The summed E-state index contributed by atoms with van der Waals surface area (Å²) in [6, 6.07) is 11.8. The van der Waals surface area contributed by atoms with Gasteiger partial charge in [0.25, 0.3) is 0 Å². The SMILES string of the molecule is N#Cc1ccc(-c2c(F)cccc2F)cc1. The first-order valence-corrected chi connectivity index (χ1v) is 4.67. The third-order valence-electron chi connectivity index (χ3n) is 2.27. The molecule has 0 atom stereocenters. The first-order valence-electron chi connectivity index (χ1n) is 4.67. The standard InChI is InChI=1S/C13H7F2N/c14-11-2-1-3-12(15)13(11)10-6-4-9(8-16)5-7-10/h1-7H. The molecule has 0 N–H and O–H groups in total. The molecule has 2 rings (SSSR count). The van der Waals surface area contributed by atoms with Gasteiger partial charge in [0.1, 0.15) is 11.6 Å². The van der Waals surface area contributed by atoms with Crippen molar-refractivity contribution < 1.29 is 8.78 Å². The van der Waals surface area contributed by atoms with E-state index in [2.05, 4.69) is 0 Å². The Morgan fingerprint density at radius 2 is 1.44 bits per heavy atom. The summed E-state index contributed by atoms with van der Waals surface area (Å²) in [5, 5.41) is 8.61. The lowest BCUT2D eigenvalue weighted by Crippen LogP contribution is -1.89. The van der Waals surface area contributed by atoms with E-state index in [1.54, 1.807) is 0 Å². The van der Waals surface area contributed by atoms with Crippen LogP contribution >= 0.6 is 0 Å². The minimum atomic E-state index is -0.607. The molecule has 0 heterocycles. The fraction of sp³-hybridized carbons (Fsp3) is 0. The molecular formula is C13H7F2N. The van der Waals surface area contributed by atoms with E-state index in [9.17, 15) is 8.78 Å². The predicted molar refractivity (Wildman–Crippen MR) is 56.5 cm³/mol. The van der Waals surface area contributed by atoms with Crippen molar-refractivity contribution in [1.82, 2.24) is 0 Å². The van der Waals surface area contributed by atoms with E-state index in [-0.39, 0.29) is 5.56 Å².